The van der Waals surface area contributed by atoms with Gasteiger partial charge in [0, 0.05) is 19.2 Å². The SMILES string of the molecule is CN1C(=O)COc2ccc(C(N)/C=C/C(=O)O)cc21. The molecule has 0 aliphatic carbocycles. The van der Waals surface area contributed by atoms with Crippen LogP contribution >= 0.6 is 0 Å². The van der Waals surface area contributed by atoms with Crippen molar-refractivity contribution in [2.24, 2.45) is 5.73 Å². The number of anilines is 1. The molecule has 1 amide bonds. The van der Waals surface area contributed by atoms with Crippen LogP contribution in [0.15, 0.2) is 30.4 Å². The number of nitrogens with zero attached hydrogens (tertiary/aromatic N) is 1. The Balaban J connectivity index is 2.30. The van der Waals surface area contributed by atoms with Crippen molar-refractivity contribution >= 4 is 17.6 Å². The lowest BCUT2D eigenvalue weighted by atomic mass is 10.0. The normalized spacial score (nSPS) is 16.1. The van der Waals surface area contributed by atoms with E-state index in [0.717, 1.165) is 6.08 Å². The van der Waals surface area contributed by atoms with E-state index in [1.54, 1.807) is 25.2 Å². The van der Waals surface area contributed by atoms with Crippen LogP contribution in [0.3, 0.4) is 0 Å². The molecule has 2 rings (SSSR count). The fourth-order valence-corrected chi connectivity index (χ4v) is 1.79. The van der Waals surface area contributed by atoms with E-state index in [9.17, 15) is 9.59 Å². The number of amides is 1. The van der Waals surface area contributed by atoms with Gasteiger partial charge in [0.15, 0.2) is 6.61 Å². The lowest BCUT2D eigenvalue weighted by molar-refractivity contribution is -0.131. The zero-order valence-electron chi connectivity index (χ0n) is 10.4. The second kappa shape index (κ2) is 5.11. The molecule has 1 heterocycles. The Morgan fingerprint density at radius 1 is 1.58 bits per heavy atom. The van der Waals surface area contributed by atoms with E-state index < -0.39 is 12.0 Å². The summed E-state index contributed by atoms with van der Waals surface area (Å²) in [6.07, 6.45) is 2.38. The lowest BCUT2D eigenvalue weighted by Gasteiger charge is -2.26. The first-order valence-corrected chi connectivity index (χ1v) is 5.69. The number of likely N-dealkylation sites (N-methyl/N-ethyl adjacent to an activating group) is 1. The van der Waals surface area contributed by atoms with Crippen molar-refractivity contribution in [2.75, 3.05) is 18.6 Å². The number of hydrogen-bond acceptors (Lipinski definition) is 4. The summed E-state index contributed by atoms with van der Waals surface area (Å²) in [4.78, 5) is 23.5. The third kappa shape index (κ3) is 2.74. The van der Waals surface area contributed by atoms with Crippen molar-refractivity contribution in [1.82, 2.24) is 0 Å². The van der Waals surface area contributed by atoms with Gasteiger partial charge in [-0.25, -0.2) is 4.79 Å². The Morgan fingerprint density at radius 3 is 3.00 bits per heavy atom. The molecule has 1 aliphatic rings. The second-order valence-electron chi connectivity index (χ2n) is 4.19. The number of nitrogens with two attached hydrogens (primary N) is 1. The van der Waals surface area contributed by atoms with Crippen molar-refractivity contribution in [3.63, 3.8) is 0 Å². The zero-order chi connectivity index (χ0) is 14.0. The number of carboxylic acids is 1. The molecule has 1 aromatic carbocycles. The Labute approximate surface area is 110 Å². The van der Waals surface area contributed by atoms with Gasteiger partial charge in [0.25, 0.3) is 5.91 Å². The van der Waals surface area contributed by atoms with Crippen LogP contribution in [0, 0.1) is 0 Å². The first kappa shape index (κ1) is 13.1. The van der Waals surface area contributed by atoms with Gasteiger partial charge in [-0.15, -0.1) is 0 Å². The number of carbonyl (C=O) groups is 2. The average molecular weight is 262 g/mol. The topological polar surface area (TPSA) is 92.9 Å². The van der Waals surface area contributed by atoms with Crippen LogP contribution in [-0.4, -0.2) is 30.6 Å². The minimum absolute atomic E-state index is 0.0216. The first-order valence-electron chi connectivity index (χ1n) is 5.69. The van der Waals surface area contributed by atoms with Gasteiger partial charge in [-0.1, -0.05) is 12.1 Å². The number of benzene rings is 1. The molecule has 1 unspecified atom stereocenters. The van der Waals surface area contributed by atoms with E-state index in [4.69, 9.17) is 15.6 Å². The van der Waals surface area contributed by atoms with Gasteiger partial charge in [-0.3, -0.25) is 4.79 Å². The summed E-state index contributed by atoms with van der Waals surface area (Å²) in [6, 6.07) is 4.65. The van der Waals surface area contributed by atoms with E-state index in [0.29, 0.717) is 17.0 Å². The van der Waals surface area contributed by atoms with E-state index in [1.807, 2.05) is 0 Å². The summed E-state index contributed by atoms with van der Waals surface area (Å²) in [5.41, 5.74) is 7.20. The van der Waals surface area contributed by atoms with Gasteiger partial charge in [0.1, 0.15) is 5.75 Å². The van der Waals surface area contributed by atoms with Crippen molar-refractivity contribution in [1.29, 1.82) is 0 Å². The number of aliphatic carboxylic acids is 1. The quantitative estimate of drug-likeness (QED) is 0.781. The Hall–Kier alpha value is -2.34. The van der Waals surface area contributed by atoms with Crippen LogP contribution in [0.5, 0.6) is 5.75 Å². The minimum atomic E-state index is -1.05. The summed E-state index contributed by atoms with van der Waals surface area (Å²) >= 11 is 0. The maximum absolute atomic E-state index is 11.5. The number of ether oxygens (including phenoxy) is 1. The van der Waals surface area contributed by atoms with Crippen molar-refractivity contribution in [2.45, 2.75) is 6.04 Å². The van der Waals surface area contributed by atoms with Crippen molar-refractivity contribution in [3.05, 3.63) is 35.9 Å². The van der Waals surface area contributed by atoms with Gasteiger partial charge in [0.2, 0.25) is 0 Å². The minimum Gasteiger partial charge on any atom is -0.482 e. The van der Waals surface area contributed by atoms with Crippen LogP contribution in [0.25, 0.3) is 0 Å². The monoisotopic (exact) mass is 262 g/mol. The molecule has 1 aromatic rings. The number of carboxylic acid groups (broad SMARTS) is 1. The summed E-state index contributed by atoms with van der Waals surface area (Å²) in [5.74, 6) is -0.580. The summed E-state index contributed by atoms with van der Waals surface area (Å²) < 4.78 is 5.29. The Bertz CT molecular complexity index is 554. The maximum Gasteiger partial charge on any atom is 0.328 e. The molecule has 0 radical (unpaired) electrons. The van der Waals surface area contributed by atoms with E-state index in [1.165, 1.54) is 11.0 Å². The highest BCUT2D eigenvalue weighted by atomic mass is 16.5. The van der Waals surface area contributed by atoms with Crippen LogP contribution in [0.1, 0.15) is 11.6 Å². The molecule has 1 atom stereocenters. The fraction of sp³-hybridized carbons (Fsp3) is 0.231. The van der Waals surface area contributed by atoms with E-state index in [-0.39, 0.29) is 12.5 Å². The molecular weight excluding hydrogens is 248 g/mol. The van der Waals surface area contributed by atoms with Crippen molar-refractivity contribution in [3.8, 4) is 5.75 Å². The largest absolute Gasteiger partial charge is 0.482 e. The molecule has 1 aliphatic heterocycles. The zero-order valence-corrected chi connectivity index (χ0v) is 10.4. The van der Waals surface area contributed by atoms with Crippen LogP contribution in [-0.2, 0) is 9.59 Å². The maximum atomic E-state index is 11.5. The fourth-order valence-electron chi connectivity index (χ4n) is 1.79. The molecule has 3 N–H and O–H groups in total. The summed E-state index contributed by atoms with van der Waals surface area (Å²) in [6.45, 7) is 0.0216. The van der Waals surface area contributed by atoms with Gasteiger partial charge >= 0.3 is 5.97 Å². The van der Waals surface area contributed by atoms with Gasteiger partial charge in [-0.2, -0.15) is 0 Å². The van der Waals surface area contributed by atoms with E-state index in [2.05, 4.69) is 0 Å². The average Bonchev–Trinajstić information content (AvgIpc) is 2.40. The third-order valence-electron chi connectivity index (χ3n) is 2.90. The van der Waals surface area contributed by atoms with Crippen molar-refractivity contribution < 1.29 is 19.4 Å². The van der Waals surface area contributed by atoms with Crippen LogP contribution in [0.2, 0.25) is 0 Å². The molecule has 6 nitrogen and oxygen atoms in total. The molecule has 6 heteroatoms. The van der Waals surface area contributed by atoms with Crippen LogP contribution in [0.4, 0.5) is 5.69 Å². The molecule has 0 spiro atoms. The van der Waals surface area contributed by atoms with E-state index >= 15 is 0 Å². The predicted octanol–water partition coefficient (Wildman–Crippen LogP) is 0.682. The number of rotatable bonds is 3. The molecule has 0 saturated carbocycles. The highest BCUT2D eigenvalue weighted by molar-refractivity contribution is 5.97. The first-order chi connectivity index (χ1) is 8.99. The summed E-state index contributed by atoms with van der Waals surface area (Å²) in [7, 11) is 1.66. The lowest BCUT2D eigenvalue weighted by Crippen LogP contribution is -2.35. The molecule has 19 heavy (non-hydrogen) atoms. The van der Waals surface area contributed by atoms with Gasteiger partial charge in [-0.05, 0) is 17.7 Å². The molecule has 0 saturated heterocycles. The summed E-state index contributed by atoms with van der Waals surface area (Å²) in [5, 5.41) is 8.56. The standard InChI is InChI=1S/C13H14N2O4/c1-15-10-6-8(9(14)3-5-13(17)18)2-4-11(10)19-7-12(15)16/h2-6,9H,7,14H2,1H3,(H,17,18)/b5-3+. The molecular formula is C13H14N2O4. The number of hydrogen-bond donors (Lipinski definition) is 2. The van der Waals surface area contributed by atoms with Crippen LogP contribution < -0.4 is 15.4 Å². The molecule has 0 bridgehead atoms. The number of carbonyl (C=O) groups excluding carboxylic acids is 1. The molecule has 0 aromatic heterocycles. The van der Waals surface area contributed by atoms with Gasteiger partial charge < -0.3 is 20.5 Å². The predicted molar refractivity (Wildman–Crippen MR) is 69.1 cm³/mol. The number of fused-ring (bicyclic) bond motifs is 1. The molecule has 100 valence electrons. The van der Waals surface area contributed by atoms with Gasteiger partial charge in [0.05, 0.1) is 5.69 Å². The molecule has 0 fully saturated rings. The smallest absolute Gasteiger partial charge is 0.328 e. The second-order valence-corrected chi connectivity index (χ2v) is 4.19. The highest BCUT2D eigenvalue weighted by Gasteiger charge is 2.22. The highest BCUT2D eigenvalue weighted by Crippen LogP contribution is 2.33. The Kier molecular flexibility index (Phi) is 3.52. The Morgan fingerprint density at radius 2 is 2.32 bits per heavy atom. The third-order valence-corrected chi connectivity index (χ3v) is 2.90.